The van der Waals surface area contributed by atoms with Crippen LogP contribution < -0.4 is 5.76 Å². The molecule has 29 heavy (non-hydrogen) atoms. The predicted octanol–water partition coefficient (Wildman–Crippen LogP) is 1.88. The minimum atomic E-state index is -3.67. The Kier molecular flexibility index (Phi) is 5.29. The average Bonchev–Trinajstić information content (AvgIpc) is 3.29. The number of benzene rings is 1. The maximum absolute atomic E-state index is 13.1. The molecule has 8 nitrogen and oxygen atoms in total. The van der Waals surface area contributed by atoms with Crippen LogP contribution in [0.25, 0.3) is 11.1 Å². The summed E-state index contributed by atoms with van der Waals surface area (Å²) in [6.45, 7) is 6.39. The van der Waals surface area contributed by atoms with Crippen LogP contribution in [-0.2, 0) is 21.4 Å². The summed E-state index contributed by atoms with van der Waals surface area (Å²) in [6, 6.07) is 4.45. The fraction of sp³-hybridized carbons (Fsp3) is 0.600. The van der Waals surface area contributed by atoms with E-state index in [0.717, 1.165) is 19.3 Å². The van der Waals surface area contributed by atoms with Crippen LogP contribution in [0.2, 0.25) is 0 Å². The van der Waals surface area contributed by atoms with Crippen LogP contribution in [0.1, 0.15) is 33.1 Å². The fourth-order valence-corrected chi connectivity index (χ4v) is 6.21. The fourth-order valence-electron chi connectivity index (χ4n) is 4.51. The molecule has 0 spiro atoms. The standard InChI is InChI=1S/C20H27N3O5S/c1-14-9-15(2)12-22(11-14)29(26,27)16-5-6-17-18(10-16)28-20(25)23(17)13-19(24)21-7-3-4-8-21/h5-6,10,14-15H,3-4,7-9,11-13H2,1-2H3/t14-,15-/m0/s1. The molecule has 2 fully saturated rings. The van der Waals surface area contributed by atoms with Gasteiger partial charge in [-0.25, -0.2) is 13.2 Å². The molecule has 0 radical (unpaired) electrons. The van der Waals surface area contributed by atoms with Gasteiger partial charge in [0.05, 0.1) is 10.4 Å². The first-order valence-electron chi connectivity index (χ1n) is 10.2. The van der Waals surface area contributed by atoms with Crippen molar-refractivity contribution in [3.05, 3.63) is 28.7 Å². The highest BCUT2D eigenvalue weighted by atomic mass is 32.2. The number of hydrogen-bond donors (Lipinski definition) is 0. The Morgan fingerprint density at radius 1 is 1.14 bits per heavy atom. The van der Waals surface area contributed by atoms with Crippen molar-refractivity contribution >= 4 is 27.0 Å². The molecular formula is C20H27N3O5S. The van der Waals surface area contributed by atoms with Gasteiger partial charge in [0.25, 0.3) is 0 Å². The van der Waals surface area contributed by atoms with Gasteiger partial charge in [-0.1, -0.05) is 13.8 Å². The number of carbonyl (C=O) groups excluding carboxylic acids is 1. The van der Waals surface area contributed by atoms with E-state index in [0.29, 0.717) is 43.5 Å². The molecule has 2 atom stereocenters. The van der Waals surface area contributed by atoms with Gasteiger partial charge >= 0.3 is 5.76 Å². The van der Waals surface area contributed by atoms with Crippen LogP contribution in [0, 0.1) is 11.8 Å². The molecule has 2 aliphatic rings. The number of sulfonamides is 1. The van der Waals surface area contributed by atoms with Crippen LogP contribution in [0.4, 0.5) is 0 Å². The van der Waals surface area contributed by atoms with E-state index < -0.39 is 15.8 Å². The molecular weight excluding hydrogens is 394 g/mol. The molecule has 0 bridgehead atoms. The van der Waals surface area contributed by atoms with Crippen molar-refractivity contribution in [1.82, 2.24) is 13.8 Å². The molecule has 2 aliphatic heterocycles. The molecule has 2 aromatic rings. The topological polar surface area (TPSA) is 92.8 Å². The van der Waals surface area contributed by atoms with Crippen molar-refractivity contribution in [3.63, 3.8) is 0 Å². The number of nitrogens with zero attached hydrogens (tertiary/aromatic N) is 3. The Hall–Kier alpha value is -2.13. The maximum Gasteiger partial charge on any atom is 0.420 e. The molecule has 9 heteroatoms. The lowest BCUT2D eigenvalue weighted by Gasteiger charge is -2.34. The number of likely N-dealkylation sites (tertiary alicyclic amines) is 1. The molecule has 0 aliphatic carbocycles. The molecule has 3 heterocycles. The number of oxazole rings is 1. The van der Waals surface area contributed by atoms with E-state index >= 15 is 0 Å². The van der Waals surface area contributed by atoms with Crippen molar-refractivity contribution in [2.24, 2.45) is 11.8 Å². The summed E-state index contributed by atoms with van der Waals surface area (Å²) in [4.78, 5) is 26.6. The summed E-state index contributed by atoms with van der Waals surface area (Å²) in [5.41, 5.74) is 0.616. The predicted molar refractivity (Wildman–Crippen MR) is 108 cm³/mol. The lowest BCUT2D eigenvalue weighted by Crippen LogP contribution is -2.42. The quantitative estimate of drug-likeness (QED) is 0.752. The zero-order valence-corrected chi connectivity index (χ0v) is 17.7. The Morgan fingerprint density at radius 2 is 1.79 bits per heavy atom. The monoisotopic (exact) mass is 421 g/mol. The van der Waals surface area contributed by atoms with Crippen LogP contribution in [-0.4, -0.2) is 54.3 Å². The average molecular weight is 422 g/mol. The summed E-state index contributed by atoms with van der Waals surface area (Å²) < 4.78 is 34.3. The van der Waals surface area contributed by atoms with Crippen molar-refractivity contribution in [2.75, 3.05) is 26.2 Å². The second-order valence-electron chi connectivity index (χ2n) is 8.44. The van der Waals surface area contributed by atoms with E-state index in [1.807, 2.05) is 0 Å². The summed E-state index contributed by atoms with van der Waals surface area (Å²) in [6.07, 6.45) is 2.96. The van der Waals surface area contributed by atoms with E-state index in [4.69, 9.17) is 4.42 Å². The highest BCUT2D eigenvalue weighted by Gasteiger charge is 2.32. The van der Waals surface area contributed by atoms with E-state index in [9.17, 15) is 18.0 Å². The number of hydrogen-bond acceptors (Lipinski definition) is 5. The number of aromatic nitrogens is 1. The molecule has 1 aromatic carbocycles. The Labute approximate surface area is 170 Å². The first kappa shape index (κ1) is 20.2. The van der Waals surface area contributed by atoms with Crippen molar-refractivity contribution in [3.8, 4) is 0 Å². The van der Waals surface area contributed by atoms with Gasteiger partial charge in [-0.15, -0.1) is 0 Å². The molecule has 4 rings (SSSR count). The summed E-state index contributed by atoms with van der Waals surface area (Å²) in [5.74, 6) is -0.177. The molecule has 158 valence electrons. The van der Waals surface area contributed by atoms with Crippen molar-refractivity contribution < 1.29 is 17.6 Å². The van der Waals surface area contributed by atoms with Gasteiger partial charge < -0.3 is 9.32 Å². The number of carbonyl (C=O) groups is 1. The van der Waals surface area contributed by atoms with Gasteiger partial charge in [-0.3, -0.25) is 9.36 Å². The Bertz CT molecular complexity index is 1070. The van der Waals surface area contributed by atoms with Crippen LogP contribution in [0.5, 0.6) is 0 Å². The third-order valence-electron chi connectivity index (χ3n) is 5.86. The molecule has 1 amide bonds. The third kappa shape index (κ3) is 3.85. The second kappa shape index (κ2) is 7.60. The minimum Gasteiger partial charge on any atom is -0.408 e. The number of fused-ring (bicyclic) bond motifs is 1. The number of piperidine rings is 1. The molecule has 0 unspecified atom stereocenters. The largest absolute Gasteiger partial charge is 0.420 e. The van der Waals surface area contributed by atoms with Gasteiger partial charge in [0.1, 0.15) is 6.54 Å². The van der Waals surface area contributed by atoms with Crippen molar-refractivity contribution in [1.29, 1.82) is 0 Å². The summed E-state index contributed by atoms with van der Waals surface area (Å²) >= 11 is 0. The lowest BCUT2D eigenvalue weighted by molar-refractivity contribution is -0.130. The van der Waals surface area contributed by atoms with E-state index in [1.165, 1.54) is 21.0 Å². The second-order valence-corrected chi connectivity index (χ2v) is 10.4. The smallest absolute Gasteiger partial charge is 0.408 e. The van der Waals surface area contributed by atoms with Gasteiger partial charge in [0.15, 0.2) is 5.58 Å². The first-order chi connectivity index (χ1) is 13.8. The lowest BCUT2D eigenvalue weighted by atomic mass is 9.94. The maximum atomic E-state index is 13.1. The zero-order chi connectivity index (χ0) is 20.8. The van der Waals surface area contributed by atoms with Gasteiger partial charge in [0, 0.05) is 32.2 Å². The molecule has 0 saturated carbocycles. The molecule has 1 aromatic heterocycles. The summed E-state index contributed by atoms with van der Waals surface area (Å²) in [7, 11) is -3.67. The van der Waals surface area contributed by atoms with Crippen LogP contribution in [0.3, 0.4) is 0 Å². The van der Waals surface area contributed by atoms with E-state index in [-0.39, 0.29) is 22.9 Å². The third-order valence-corrected chi connectivity index (χ3v) is 7.69. The van der Waals surface area contributed by atoms with Gasteiger partial charge in [-0.05, 0) is 43.2 Å². The SMILES string of the molecule is C[C@H]1C[C@H](C)CN(S(=O)(=O)c2ccc3c(c2)oc(=O)n3CC(=O)N2CCCC2)C1. The summed E-state index contributed by atoms with van der Waals surface area (Å²) in [5, 5.41) is 0. The normalized spacial score (nSPS) is 23.7. The van der Waals surface area contributed by atoms with Gasteiger partial charge in [0.2, 0.25) is 15.9 Å². The molecule has 2 saturated heterocycles. The minimum absolute atomic E-state index is 0.0981. The number of rotatable bonds is 4. The highest BCUT2D eigenvalue weighted by Crippen LogP contribution is 2.28. The van der Waals surface area contributed by atoms with Gasteiger partial charge in [-0.2, -0.15) is 4.31 Å². The first-order valence-corrected chi connectivity index (χ1v) is 11.6. The van der Waals surface area contributed by atoms with Crippen LogP contribution >= 0.6 is 0 Å². The van der Waals surface area contributed by atoms with E-state index in [1.54, 1.807) is 11.0 Å². The van der Waals surface area contributed by atoms with E-state index in [2.05, 4.69) is 13.8 Å². The highest BCUT2D eigenvalue weighted by molar-refractivity contribution is 7.89. The zero-order valence-electron chi connectivity index (χ0n) is 16.8. The van der Waals surface area contributed by atoms with Crippen LogP contribution in [0.15, 0.2) is 32.3 Å². The van der Waals surface area contributed by atoms with Crippen molar-refractivity contribution in [2.45, 2.75) is 44.6 Å². The number of amides is 1. The molecule has 0 N–H and O–H groups in total. The Morgan fingerprint density at radius 3 is 2.45 bits per heavy atom. The Balaban J connectivity index is 1.63.